The molecular weight excluding hydrogens is 404 g/mol. The second-order valence-electron chi connectivity index (χ2n) is 7.49. The van der Waals surface area contributed by atoms with Gasteiger partial charge in [-0.15, -0.1) is 0 Å². The predicted molar refractivity (Wildman–Crippen MR) is 127 cm³/mol. The first-order valence-corrected chi connectivity index (χ1v) is 10.3. The quantitative estimate of drug-likeness (QED) is 0.494. The average Bonchev–Trinajstić information content (AvgIpc) is 2.80. The van der Waals surface area contributed by atoms with Gasteiger partial charge >= 0.3 is 6.03 Å². The van der Waals surface area contributed by atoms with Crippen LogP contribution in [0.1, 0.15) is 22.0 Å². The summed E-state index contributed by atoms with van der Waals surface area (Å²) in [7, 11) is 5.55. The lowest BCUT2D eigenvalue weighted by Crippen LogP contribution is -2.36. The van der Waals surface area contributed by atoms with Gasteiger partial charge in [-0.2, -0.15) is 0 Å². The van der Waals surface area contributed by atoms with Crippen molar-refractivity contribution in [1.29, 1.82) is 0 Å². The lowest BCUT2D eigenvalue weighted by molar-refractivity contribution is 0.102. The Morgan fingerprint density at radius 1 is 0.875 bits per heavy atom. The van der Waals surface area contributed by atoms with Crippen LogP contribution in [0.5, 0.6) is 5.75 Å². The molecule has 3 rings (SSSR count). The SMILES string of the molecule is COc1cccc(C(CNC(=O)Nc2ccc(C(=O)Nc3ccccc3)cc2)N(C)C)c1. The van der Waals surface area contributed by atoms with E-state index in [0.717, 1.165) is 17.0 Å². The van der Waals surface area contributed by atoms with E-state index in [1.165, 1.54) is 0 Å². The van der Waals surface area contributed by atoms with Gasteiger partial charge in [0, 0.05) is 23.5 Å². The van der Waals surface area contributed by atoms with Gasteiger partial charge in [-0.05, 0) is 68.2 Å². The molecule has 7 heteroatoms. The minimum Gasteiger partial charge on any atom is -0.497 e. The number of methoxy groups -OCH3 is 1. The van der Waals surface area contributed by atoms with Crippen molar-refractivity contribution in [3.8, 4) is 5.75 Å². The van der Waals surface area contributed by atoms with Gasteiger partial charge in [-0.3, -0.25) is 4.79 Å². The lowest BCUT2D eigenvalue weighted by Gasteiger charge is -2.25. The summed E-state index contributed by atoms with van der Waals surface area (Å²) in [6.45, 7) is 0.420. The molecule has 3 aromatic carbocycles. The molecule has 0 aliphatic rings. The van der Waals surface area contributed by atoms with E-state index < -0.39 is 0 Å². The number of carbonyl (C=O) groups excluding carboxylic acids is 2. The summed E-state index contributed by atoms with van der Waals surface area (Å²) >= 11 is 0. The van der Waals surface area contributed by atoms with Crippen LogP contribution in [0.4, 0.5) is 16.2 Å². The molecule has 166 valence electrons. The molecule has 1 atom stereocenters. The Morgan fingerprint density at radius 2 is 1.56 bits per heavy atom. The zero-order chi connectivity index (χ0) is 22.9. The summed E-state index contributed by atoms with van der Waals surface area (Å²) in [5.74, 6) is 0.564. The zero-order valence-electron chi connectivity index (χ0n) is 18.5. The number of para-hydroxylation sites is 1. The highest BCUT2D eigenvalue weighted by Crippen LogP contribution is 2.22. The molecule has 3 amide bonds. The number of ether oxygens (including phenoxy) is 1. The van der Waals surface area contributed by atoms with Crippen LogP contribution in [0.3, 0.4) is 0 Å². The summed E-state index contributed by atoms with van der Waals surface area (Å²) in [4.78, 5) is 26.8. The molecule has 3 N–H and O–H groups in total. The molecule has 0 fully saturated rings. The first kappa shape index (κ1) is 22.8. The molecule has 0 radical (unpaired) electrons. The Labute approximate surface area is 188 Å². The molecule has 0 saturated heterocycles. The van der Waals surface area contributed by atoms with Crippen LogP contribution in [0.15, 0.2) is 78.9 Å². The van der Waals surface area contributed by atoms with Crippen molar-refractivity contribution in [2.75, 3.05) is 38.4 Å². The number of carbonyl (C=O) groups is 2. The number of nitrogens with one attached hydrogen (secondary N) is 3. The summed E-state index contributed by atoms with van der Waals surface area (Å²) in [5.41, 5.74) is 2.88. The standard InChI is InChI=1S/C25H28N4O3/c1-29(2)23(19-8-7-11-22(16-19)32-3)17-26-25(31)28-21-14-12-18(13-15-21)24(30)27-20-9-5-4-6-10-20/h4-16,23H,17H2,1-3H3,(H,27,30)(H2,26,28,31). The van der Waals surface area contributed by atoms with Crippen LogP contribution >= 0.6 is 0 Å². The van der Waals surface area contributed by atoms with Gasteiger partial charge in [0.25, 0.3) is 5.91 Å². The second kappa shape index (κ2) is 11.0. The van der Waals surface area contributed by atoms with Crippen molar-refractivity contribution in [1.82, 2.24) is 10.2 Å². The fraction of sp³-hybridized carbons (Fsp3) is 0.200. The third-order valence-electron chi connectivity index (χ3n) is 4.99. The van der Waals surface area contributed by atoms with Crippen molar-refractivity contribution in [2.45, 2.75) is 6.04 Å². The predicted octanol–water partition coefficient (Wildman–Crippen LogP) is 4.37. The van der Waals surface area contributed by atoms with E-state index in [1.54, 1.807) is 31.4 Å². The van der Waals surface area contributed by atoms with Crippen molar-refractivity contribution >= 4 is 23.3 Å². The normalized spacial score (nSPS) is 11.5. The van der Waals surface area contributed by atoms with Crippen LogP contribution in [-0.2, 0) is 0 Å². The molecular formula is C25H28N4O3. The van der Waals surface area contributed by atoms with Gasteiger partial charge in [-0.1, -0.05) is 30.3 Å². The fourth-order valence-corrected chi connectivity index (χ4v) is 3.24. The lowest BCUT2D eigenvalue weighted by atomic mass is 10.1. The molecule has 0 aliphatic carbocycles. The van der Waals surface area contributed by atoms with E-state index in [4.69, 9.17) is 4.74 Å². The summed E-state index contributed by atoms with van der Waals surface area (Å²) < 4.78 is 5.30. The number of nitrogens with zero attached hydrogens (tertiary/aromatic N) is 1. The molecule has 0 bridgehead atoms. The van der Waals surface area contributed by atoms with Gasteiger partial charge in [0.1, 0.15) is 5.75 Å². The summed E-state index contributed by atoms with van der Waals surface area (Å²) in [6, 6.07) is 23.5. The van der Waals surface area contributed by atoms with Gasteiger partial charge < -0.3 is 25.6 Å². The van der Waals surface area contributed by atoms with Gasteiger partial charge in [0.05, 0.1) is 13.2 Å². The summed E-state index contributed by atoms with van der Waals surface area (Å²) in [6.07, 6.45) is 0. The number of urea groups is 1. The first-order chi connectivity index (χ1) is 15.5. The Balaban J connectivity index is 1.55. The van der Waals surface area contributed by atoms with Crippen LogP contribution in [0.25, 0.3) is 0 Å². The number of likely N-dealkylation sites (N-methyl/N-ethyl adjacent to an activating group) is 1. The number of hydrogen-bond donors (Lipinski definition) is 3. The summed E-state index contributed by atoms with van der Waals surface area (Å²) in [5, 5.41) is 8.54. The Hall–Kier alpha value is -3.84. The highest BCUT2D eigenvalue weighted by Gasteiger charge is 2.16. The Morgan fingerprint density at radius 3 is 2.22 bits per heavy atom. The van der Waals surface area contributed by atoms with E-state index in [1.807, 2.05) is 73.6 Å². The molecule has 0 heterocycles. The molecule has 1 unspecified atom stereocenters. The molecule has 0 saturated carbocycles. The van der Waals surface area contributed by atoms with Crippen LogP contribution in [0.2, 0.25) is 0 Å². The topological polar surface area (TPSA) is 82.7 Å². The second-order valence-corrected chi connectivity index (χ2v) is 7.49. The molecule has 3 aromatic rings. The minimum atomic E-state index is -0.318. The van der Waals surface area contributed by atoms with Crippen LogP contribution < -0.4 is 20.7 Å². The third-order valence-corrected chi connectivity index (χ3v) is 4.99. The maximum atomic E-state index is 12.4. The van der Waals surface area contributed by atoms with E-state index >= 15 is 0 Å². The molecule has 32 heavy (non-hydrogen) atoms. The van der Waals surface area contributed by atoms with Gasteiger partial charge in [0.2, 0.25) is 0 Å². The van der Waals surface area contributed by atoms with Gasteiger partial charge in [-0.25, -0.2) is 4.79 Å². The number of hydrogen-bond acceptors (Lipinski definition) is 4. The number of anilines is 2. The molecule has 0 spiro atoms. The van der Waals surface area contributed by atoms with Crippen LogP contribution in [-0.4, -0.2) is 44.6 Å². The Kier molecular flexibility index (Phi) is 7.83. The maximum Gasteiger partial charge on any atom is 0.319 e. The Bertz CT molecular complexity index is 1040. The zero-order valence-corrected chi connectivity index (χ0v) is 18.5. The van der Waals surface area contributed by atoms with Crippen molar-refractivity contribution < 1.29 is 14.3 Å². The third kappa shape index (κ3) is 6.33. The first-order valence-electron chi connectivity index (χ1n) is 10.3. The van der Waals surface area contributed by atoms with Crippen molar-refractivity contribution in [2.24, 2.45) is 0 Å². The molecule has 0 aliphatic heterocycles. The average molecular weight is 433 g/mol. The number of benzene rings is 3. The van der Waals surface area contributed by atoms with E-state index in [-0.39, 0.29) is 18.0 Å². The van der Waals surface area contributed by atoms with E-state index in [2.05, 4.69) is 16.0 Å². The highest BCUT2D eigenvalue weighted by atomic mass is 16.5. The highest BCUT2D eigenvalue weighted by molar-refractivity contribution is 6.04. The van der Waals surface area contributed by atoms with Crippen molar-refractivity contribution in [3.05, 3.63) is 90.0 Å². The smallest absolute Gasteiger partial charge is 0.319 e. The van der Waals surface area contributed by atoms with E-state index in [0.29, 0.717) is 17.8 Å². The number of rotatable bonds is 8. The molecule has 7 nitrogen and oxygen atoms in total. The van der Waals surface area contributed by atoms with E-state index in [9.17, 15) is 9.59 Å². The monoisotopic (exact) mass is 432 g/mol. The minimum absolute atomic E-state index is 0.0140. The van der Waals surface area contributed by atoms with Crippen LogP contribution in [0, 0.1) is 0 Å². The van der Waals surface area contributed by atoms with Gasteiger partial charge in [0.15, 0.2) is 0 Å². The molecule has 0 aromatic heterocycles. The largest absolute Gasteiger partial charge is 0.497 e. The maximum absolute atomic E-state index is 12.4. The fourth-order valence-electron chi connectivity index (χ4n) is 3.24. The van der Waals surface area contributed by atoms with Crippen molar-refractivity contribution in [3.63, 3.8) is 0 Å². The number of amides is 3.